The van der Waals surface area contributed by atoms with E-state index in [1.54, 1.807) is 24.0 Å². The summed E-state index contributed by atoms with van der Waals surface area (Å²) in [5, 5.41) is 2.75. The number of anilines is 2. The highest BCUT2D eigenvalue weighted by Crippen LogP contribution is 2.23. The van der Waals surface area contributed by atoms with Crippen molar-refractivity contribution in [1.82, 2.24) is 0 Å². The SMILES string of the molecule is COC(C)C(=O)Nc1ccc(N2CCCC2=O)cc1. The Morgan fingerprint density at radius 1 is 1.37 bits per heavy atom. The van der Waals surface area contributed by atoms with Gasteiger partial charge in [-0.05, 0) is 37.6 Å². The highest BCUT2D eigenvalue weighted by atomic mass is 16.5. The molecule has 0 aromatic heterocycles. The lowest BCUT2D eigenvalue weighted by molar-refractivity contribution is -0.124. The largest absolute Gasteiger partial charge is 0.372 e. The van der Waals surface area contributed by atoms with Gasteiger partial charge in [0, 0.05) is 31.5 Å². The van der Waals surface area contributed by atoms with Crippen molar-refractivity contribution in [2.75, 3.05) is 23.9 Å². The van der Waals surface area contributed by atoms with Crippen molar-refractivity contribution in [2.24, 2.45) is 0 Å². The number of carbonyl (C=O) groups excluding carboxylic acids is 2. The third kappa shape index (κ3) is 3.12. The molecule has 1 fully saturated rings. The Labute approximate surface area is 112 Å². The molecular formula is C14H18N2O3. The van der Waals surface area contributed by atoms with E-state index in [-0.39, 0.29) is 11.8 Å². The molecule has 1 saturated heterocycles. The predicted molar refractivity (Wildman–Crippen MR) is 73.1 cm³/mol. The summed E-state index contributed by atoms with van der Waals surface area (Å²) < 4.78 is 4.94. The van der Waals surface area contributed by atoms with Gasteiger partial charge in [0.25, 0.3) is 5.91 Å². The van der Waals surface area contributed by atoms with E-state index >= 15 is 0 Å². The third-order valence-corrected chi connectivity index (χ3v) is 3.24. The molecular weight excluding hydrogens is 244 g/mol. The molecule has 2 rings (SSSR count). The van der Waals surface area contributed by atoms with Crippen LogP contribution in [0, 0.1) is 0 Å². The van der Waals surface area contributed by atoms with Gasteiger partial charge in [0.2, 0.25) is 5.91 Å². The molecule has 1 atom stereocenters. The Kier molecular flexibility index (Phi) is 4.16. The number of rotatable bonds is 4. The number of nitrogens with zero attached hydrogens (tertiary/aromatic N) is 1. The smallest absolute Gasteiger partial charge is 0.253 e. The topological polar surface area (TPSA) is 58.6 Å². The number of carbonyl (C=O) groups is 2. The van der Waals surface area contributed by atoms with Gasteiger partial charge in [-0.3, -0.25) is 9.59 Å². The number of hydrogen-bond donors (Lipinski definition) is 1. The summed E-state index contributed by atoms with van der Waals surface area (Å²) in [5.41, 5.74) is 1.57. The Hall–Kier alpha value is -1.88. The summed E-state index contributed by atoms with van der Waals surface area (Å²) in [5.74, 6) is -0.0303. The molecule has 1 aliphatic heterocycles. The zero-order valence-electron chi connectivity index (χ0n) is 11.2. The van der Waals surface area contributed by atoms with E-state index in [1.807, 2.05) is 12.1 Å². The lowest BCUT2D eigenvalue weighted by Gasteiger charge is -2.16. The van der Waals surface area contributed by atoms with Crippen molar-refractivity contribution in [3.8, 4) is 0 Å². The summed E-state index contributed by atoms with van der Waals surface area (Å²) in [7, 11) is 1.49. The molecule has 5 nitrogen and oxygen atoms in total. The molecule has 1 N–H and O–H groups in total. The number of benzene rings is 1. The van der Waals surface area contributed by atoms with Crippen LogP contribution in [0.1, 0.15) is 19.8 Å². The van der Waals surface area contributed by atoms with Gasteiger partial charge in [0.05, 0.1) is 0 Å². The van der Waals surface area contributed by atoms with Crippen LogP contribution >= 0.6 is 0 Å². The highest BCUT2D eigenvalue weighted by molar-refractivity contribution is 5.96. The lowest BCUT2D eigenvalue weighted by atomic mass is 10.2. The number of ether oxygens (including phenoxy) is 1. The van der Waals surface area contributed by atoms with E-state index < -0.39 is 6.10 Å². The fourth-order valence-electron chi connectivity index (χ4n) is 2.00. The van der Waals surface area contributed by atoms with Crippen molar-refractivity contribution >= 4 is 23.2 Å². The van der Waals surface area contributed by atoms with E-state index in [2.05, 4.69) is 5.32 Å². The quantitative estimate of drug-likeness (QED) is 0.900. The fraction of sp³-hybridized carbons (Fsp3) is 0.429. The van der Waals surface area contributed by atoms with Crippen molar-refractivity contribution < 1.29 is 14.3 Å². The lowest BCUT2D eigenvalue weighted by Crippen LogP contribution is -2.26. The van der Waals surface area contributed by atoms with Crippen molar-refractivity contribution in [2.45, 2.75) is 25.9 Å². The van der Waals surface area contributed by atoms with E-state index in [4.69, 9.17) is 4.74 Å². The van der Waals surface area contributed by atoms with Crippen molar-refractivity contribution in [1.29, 1.82) is 0 Å². The van der Waals surface area contributed by atoms with Gasteiger partial charge in [-0.2, -0.15) is 0 Å². The molecule has 0 saturated carbocycles. The van der Waals surface area contributed by atoms with Crippen LogP contribution in [0.25, 0.3) is 0 Å². The maximum atomic E-state index is 11.6. The zero-order chi connectivity index (χ0) is 13.8. The van der Waals surface area contributed by atoms with Crippen molar-refractivity contribution in [3.63, 3.8) is 0 Å². The first kappa shape index (κ1) is 13.5. The van der Waals surface area contributed by atoms with Gasteiger partial charge in [-0.15, -0.1) is 0 Å². The maximum Gasteiger partial charge on any atom is 0.253 e. The molecule has 102 valence electrons. The Balaban J connectivity index is 2.02. The molecule has 1 aromatic rings. The number of nitrogens with one attached hydrogen (secondary N) is 1. The van der Waals surface area contributed by atoms with Crippen molar-refractivity contribution in [3.05, 3.63) is 24.3 Å². The average Bonchev–Trinajstić information content (AvgIpc) is 2.85. The van der Waals surface area contributed by atoms with Crippen LogP contribution < -0.4 is 10.2 Å². The average molecular weight is 262 g/mol. The molecule has 0 spiro atoms. The molecule has 5 heteroatoms. The fourth-order valence-corrected chi connectivity index (χ4v) is 2.00. The van der Waals surface area contributed by atoms with Crippen LogP contribution in [0.2, 0.25) is 0 Å². The minimum Gasteiger partial charge on any atom is -0.372 e. The summed E-state index contributed by atoms with van der Waals surface area (Å²) >= 11 is 0. The summed E-state index contributed by atoms with van der Waals surface area (Å²) in [6, 6.07) is 7.27. The second kappa shape index (κ2) is 5.84. The highest BCUT2D eigenvalue weighted by Gasteiger charge is 2.21. The van der Waals surface area contributed by atoms with Gasteiger partial charge in [-0.25, -0.2) is 0 Å². The second-order valence-corrected chi connectivity index (χ2v) is 4.56. The van der Waals surface area contributed by atoms with Gasteiger partial charge < -0.3 is 15.0 Å². The number of hydrogen-bond acceptors (Lipinski definition) is 3. The molecule has 1 unspecified atom stereocenters. The molecule has 19 heavy (non-hydrogen) atoms. The summed E-state index contributed by atoms with van der Waals surface area (Å²) in [6.07, 6.45) is 1.03. The minimum atomic E-state index is -0.486. The molecule has 0 bridgehead atoms. The van der Waals surface area contributed by atoms with E-state index in [0.717, 1.165) is 18.7 Å². The standard InChI is InChI=1S/C14H18N2O3/c1-10(19-2)14(18)15-11-5-7-12(8-6-11)16-9-3-4-13(16)17/h5-8,10H,3-4,9H2,1-2H3,(H,15,18). The van der Waals surface area contributed by atoms with Gasteiger partial charge in [0.1, 0.15) is 6.10 Å². The van der Waals surface area contributed by atoms with E-state index in [9.17, 15) is 9.59 Å². The van der Waals surface area contributed by atoms with Crippen LogP contribution in [-0.2, 0) is 14.3 Å². The molecule has 0 radical (unpaired) electrons. The number of amides is 2. The Morgan fingerprint density at radius 2 is 2.05 bits per heavy atom. The molecule has 1 heterocycles. The summed E-state index contributed by atoms with van der Waals surface area (Å²) in [6.45, 7) is 2.46. The van der Waals surface area contributed by atoms with Gasteiger partial charge in [0.15, 0.2) is 0 Å². The molecule has 0 aliphatic carbocycles. The minimum absolute atomic E-state index is 0.157. The van der Waals surface area contributed by atoms with Crippen LogP contribution in [0.15, 0.2) is 24.3 Å². The normalized spacial score (nSPS) is 16.5. The van der Waals surface area contributed by atoms with Crippen LogP contribution in [0.5, 0.6) is 0 Å². The third-order valence-electron chi connectivity index (χ3n) is 3.24. The van der Waals surface area contributed by atoms with Crippen LogP contribution in [0.3, 0.4) is 0 Å². The molecule has 1 aliphatic rings. The maximum absolute atomic E-state index is 11.6. The monoisotopic (exact) mass is 262 g/mol. The van der Waals surface area contributed by atoms with E-state index in [0.29, 0.717) is 12.1 Å². The van der Waals surface area contributed by atoms with Gasteiger partial charge in [-0.1, -0.05) is 0 Å². The van der Waals surface area contributed by atoms with Crippen LogP contribution in [-0.4, -0.2) is 31.6 Å². The molecule has 1 aromatic carbocycles. The Bertz CT molecular complexity index is 470. The van der Waals surface area contributed by atoms with Crippen LogP contribution in [0.4, 0.5) is 11.4 Å². The first-order chi connectivity index (χ1) is 9.11. The zero-order valence-corrected chi connectivity index (χ0v) is 11.2. The predicted octanol–water partition coefficient (Wildman–Crippen LogP) is 1.79. The Morgan fingerprint density at radius 3 is 2.58 bits per heavy atom. The van der Waals surface area contributed by atoms with Gasteiger partial charge >= 0.3 is 0 Å². The first-order valence-corrected chi connectivity index (χ1v) is 6.36. The summed E-state index contributed by atoms with van der Waals surface area (Å²) in [4.78, 5) is 25.0. The number of methoxy groups -OCH3 is 1. The van der Waals surface area contributed by atoms with E-state index in [1.165, 1.54) is 7.11 Å². The first-order valence-electron chi connectivity index (χ1n) is 6.36. The molecule has 2 amide bonds. The second-order valence-electron chi connectivity index (χ2n) is 4.56.